The van der Waals surface area contributed by atoms with E-state index in [0.29, 0.717) is 5.56 Å². The van der Waals surface area contributed by atoms with Crippen LogP contribution in [0.5, 0.6) is 0 Å². The molecule has 0 spiro atoms. The molecular formula is C21H14O2. The molecular weight excluding hydrogens is 284 g/mol. The minimum atomic E-state index is -0.865. The van der Waals surface area contributed by atoms with E-state index in [1.165, 1.54) is 27.8 Å². The van der Waals surface area contributed by atoms with Crippen LogP contribution in [0.25, 0.3) is 0 Å². The normalized spacial score (nSPS) is 19.7. The zero-order valence-electron chi connectivity index (χ0n) is 12.4. The third kappa shape index (κ3) is 1.55. The first-order chi connectivity index (χ1) is 11.3. The largest absolute Gasteiger partial charge is 0.478 e. The molecule has 3 aliphatic rings. The Balaban J connectivity index is 1.86. The van der Waals surface area contributed by atoms with Crippen LogP contribution >= 0.6 is 0 Å². The Hall–Kier alpha value is -2.87. The molecule has 110 valence electrons. The van der Waals surface area contributed by atoms with Crippen LogP contribution in [0.2, 0.25) is 0 Å². The maximum atomic E-state index is 11.4. The fourth-order valence-electron chi connectivity index (χ4n) is 4.30. The fraction of sp³-hybridized carbons (Fsp3) is 0.0952. The summed E-state index contributed by atoms with van der Waals surface area (Å²) in [5.74, 6) is -0.511. The van der Waals surface area contributed by atoms with Gasteiger partial charge in [-0.3, -0.25) is 0 Å². The van der Waals surface area contributed by atoms with Gasteiger partial charge in [0.2, 0.25) is 0 Å². The first-order valence-electron chi connectivity index (χ1n) is 7.80. The molecule has 2 nitrogen and oxygen atoms in total. The van der Waals surface area contributed by atoms with Crippen molar-refractivity contribution < 1.29 is 9.90 Å². The highest BCUT2D eigenvalue weighted by Gasteiger charge is 2.40. The van der Waals surface area contributed by atoms with Gasteiger partial charge < -0.3 is 5.11 Å². The van der Waals surface area contributed by atoms with Crippen molar-refractivity contribution in [3.63, 3.8) is 0 Å². The third-order valence-corrected chi connectivity index (χ3v) is 5.19. The highest BCUT2D eigenvalue weighted by atomic mass is 16.4. The number of rotatable bonds is 1. The monoisotopic (exact) mass is 298 g/mol. The Bertz CT molecular complexity index is 924. The van der Waals surface area contributed by atoms with Gasteiger partial charge in [-0.05, 0) is 45.5 Å². The number of carboxylic acid groups (broad SMARTS) is 1. The van der Waals surface area contributed by atoms with Crippen LogP contribution in [0, 0.1) is 0 Å². The highest BCUT2D eigenvalue weighted by Crippen LogP contribution is 2.55. The first-order valence-corrected chi connectivity index (χ1v) is 7.80. The molecule has 1 N–H and O–H groups in total. The Morgan fingerprint density at radius 2 is 1.09 bits per heavy atom. The summed E-state index contributed by atoms with van der Waals surface area (Å²) in [6.45, 7) is 0. The lowest BCUT2D eigenvalue weighted by atomic mass is 9.61. The lowest BCUT2D eigenvalue weighted by molar-refractivity contribution is 0.0696. The minimum Gasteiger partial charge on any atom is -0.478 e. The van der Waals surface area contributed by atoms with Gasteiger partial charge in [0.05, 0.1) is 5.56 Å². The minimum absolute atomic E-state index is 0.140. The molecule has 0 radical (unpaired) electrons. The van der Waals surface area contributed by atoms with Crippen molar-refractivity contribution in [2.24, 2.45) is 0 Å². The third-order valence-electron chi connectivity index (χ3n) is 5.19. The molecule has 3 aromatic carbocycles. The molecule has 0 aliphatic heterocycles. The molecule has 0 fully saturated rings. The van der Waals surface area contributed by atoms with Gasteiger partial charge in [-0.2, -0.15) is 0 Å². The number of benzene rings is 3. The maximum Gasteiger partial charge on any atom is 0.335 e. The van der Waals surface area contributed by atoms with Crippen LogP contribution < -0.4 is 0 Å². The van der Waals surface area contributed by atoms with E-state index in [1.54, 1.807) is 6.07 Å². The Labute approximate surface area is 134 Å². The molecule has 6 rings (SSSR count). The molecule has 0 aromatic heterocycles. The van der Waals surface area contributed by atoms with Crippen molar-refractivity contribution in [2.75, 3.05) is 0 Å². The molecule has 0 atom stereocenters. The SMILES string of the molecule is O=C(O)c1ccc2c(c1)C1c3ccccc3C2c2ccccc21. The standard InChI is InChI=1S/C21H14O2/c22-21(23)12-9-10-17-18(11-12)20-15-7-3-1-5-13(15)19(17)14-6-2-4-8-16(14)20/h1-11,19-20H,(H,22,23). The average Bonchev–Trinajstić information content (AvgIpc) is 2.60. The molecule has 2 heteroatoms. The fourth-order valence-corrected chi connectivity index (χ4v) is 4.30. The number of hydrogen-bond donors (Lipinski definition) is 1. The van der Waals surface area contributed by atoms with Crippen LogP contribution in [0.1, 0.15) is 55.6 Å². The molecule has 0 saturated carbocycles. The quantitative estimate of drug-likeness (QED) is 0.499. The molecule has 23 heavy (non-hydrogen) atoms. The van der Waals surface area contributed by atoms with Crippen molar-refractivity contribution in [1.82, 2.24) is 0 Å². The molecule has 2 bridgehead atoms. The van der Waals surface area contributed by atoms with Crippen LogP contribution in [0.3, 0.4) is 0 Å². The Morgan fingerprint density at radius 3 is 1.57 bits per heavy atom. The predicted molar refractivity (Wildman–Crippen MR) is 88.2 cm³/mol. The summed E-state index contributed by atoms with van der Waals surface area (Å²) in [6, 6.07) is 22.7. The van der Waals surface area contributed by atoms with Crippen molar-refractivity contribution in [1.29, 1.82) is 0 Å². The van der Waals surface area contributed by atoms with Gasteiger partial charge in [-0.25, -0.2) is 4.79 Å². The van der Waals surface area contributed by atoms with Crippen LogP contribution in [-0.4, -0.2) is 11.1 Å². The summed E-state index contributed by atoms with van der Waals surface area (Å²) in [5, 5.41) is 9.35. The summed E-state index contributed by atoms with van der Waals surface area (Å²) in [4.78, 5) is 11.4. The van der Waals surface area contributed by atoms with Gasteiger partial charge in [0.25, 0.3) is 0 Å². The molecule has 0 unspecified atom stereocenters. The highest BCUT2D eigenvalue weighted by molar-refractivity contribution is 5.88. The summed E-state index contributed by atoms with van der Waals surface area (Å²) in [7, 11) is 0. The van der Waals surface area contributed by atoms with Gasteiger partial charge in [-0.1, -0.05) is 54.6 Å². The summed E-state index contributed by atoms with van der Waals surface area (Å²) in [5.41, 5.74) is 8.09. The van der Waals surface area contributed by atoms with E-state index in [-0.39, 0.29) is 11.8 Å². The van der Waals surface area contributed by atoms with E-state index in [0.717, 1.165) is 5.56 Å². The van der Waals surface area contributed by atoms with Gasteiger partial charge in [0.1, 0.15) is 0 Å². The zero-order valence-corrected chi connectivity index (χ0v) is 12.4. The number of carbonyl (C=O) groups is 1. The van der Waals surface area contributed by atoms with E-state index in [2.05, 4.69) is 48.5 Å². The molecule has 0 heterocycles. The van der Waals surface area contributed by atoms with E-state index < -0.39 is 5.97 Å². The van der Waals surface area contributed by atoms with Gasteiger partial charge in [0.15, 0.2) is 0 Å². The molecule has 0 amide bonds. The van der Waals surface area contributed by atoms with Gasteiger partial charge in [0, 0.05) is 11.8 Å². The zero-order chi connectivity index (χ0) is 15.6. The number of carboxylic acids is 1. The molecule has 3 aromatic rings. The maximum absolute atomic E-state index is 11.4. The molecule has 0 saturated heterocycles. The van der Waals surface area contributed by atoms with Crippen molar-refractivity contribution in [2.45, 2.75) is 11.8 Å². The van der Waals surface area contributed by atoms with E-state index in [4.69, 9.17) is 0 Å². The van der Waals surface area contributed by atoms with Crippen molar-refractivity contribution >= 4 is 5.97 Å². The molecule has 3 aliphatic carbocycles. The van der Waals surface area contributed by atoms with Gasteiger partial charge in [-0.15, -0.1) is 0 Å². The predicted octanol–water partition coefficient (Wildman–Crippen LogP) is 4.37. The Morgan fingerprint density at radius 1 is 0.652 bits per heavy atom. The van der Waals surface area contributed by atoms with Crippen LogP contribution in [0.15, 0.2) is 66.7 Å². The van der Waals surface area contributed by atoms with Crippen molar-refractivity contribution in [3.05, 3.63) is 106 Å². The van der Waals surface area contributed by atoms with E-state index in [9.17, 15) is 9.90 Å². The number of hydrogen-bond acceptors (Lipinski definition) is 1. The topological polar surface area (TPSA) is 37.3 Å². The smallest absolute Gasteiger partial charge is 0.335 e. The second-order valence-electron chi connectivity index (χ2n) is 6.27. The first kappa shape index (κ1) is 12.7. The lowest BCUT2D eigenvalue weighted by Crippen LogP contribution is -2.27. The second kappa shape index (κ2) is 4.32. The summed E-state index contributed by atoms with van der Waals surface area (Å²) < 4.78 is 0. The van der Waals surface area contributed by atoms with Crippen LogP contribution in [0.4, 0.5) is 0 Å². The summed E-state index contributed by atoms with van der Waals surface area (Å²) in [6.07, 6.45) is 0. The Kier molecular flexibility index (Phi) is 2.38. The van der Waals surface area contributed by atoms with E-state index >= 15 is 0 Å². The lowest BCUT2D eigenvalue weighted by Gasteiger charge is -2.42. The van der Waals surface area contributed by atoms with Gasteiger partial charge >= 0.3 is 5.97 Å². The van der Waals surface area contributed by atoms with Crippen molar-refractivity contribution in [3.8, 4) is 0 Å². The average molecular weight is 298 g/mol. The van der Waals surface area contributed by atoms with Crippen LogP contribution in [-0.2, 0) is 0 Å². The second-order valence-corrected chi connectivity index (χ2v) is 6.27. The summed E-state index contributed by atoms with van der Waals surface area (Å²) >= 11 is 0. The number of aromatic carboxylic acids is 1. The van der Waals surface area contributed by atoms with E-state index in [1.807, 2.05) is 12.1 Å².